The van der Waals surface area contributed by atoms with Gasteiger partial charge < -0.3 is 15.2 Å². The molecule has 152 valence electrons. The van der Waals surface area contributed by atoms with E-state index in [1.165, 1.54) is 6.42 Å². The van der Waals surface area contributed by atoms with Crippen LogP contribution in [-0.4, -0.2) is 24.5 Å². The smallest absolute Gasteiger partial charge is 0.111 e. The molecule has 0 aliphatic heterocycles. The average molecular weight is 358 g/mol. The zero-order valence-corrected chi connectivity index (χ0v) is 19.3. The fraction of sp³-hybridized carbons (Fsp3) is 1.00. The highest BCUT2D eigenvalue weighted by Crippen LogP contribution is 2.44. The van der Waals surface area contributed by atoms with Gasteiger partial charge in [-0.15, -0.1) is 0 Å². The quantitative estimate of drug-likeness (QED) is 0.461. The van der Waals surface area contributed by atoms with Gasteiger partial charge in [0.1, 0.15) is 5.72 Å². The summed E-state index contributed by atoms with van der Waals surface area (Å²) in [5, 5.41) is 0. The Morgan fingerprint density at radius 1 is 0.720 bits per heavy atom. The second-order valence-electron chi connectivity index (χ2n) is 11.7. The molecule has 0 amide bonds. The monoisotopic (exact) mass is 357 g/mol. The zero-order valence-electron chi connectivity index (χ0n) is 19.3. The minimum atomic E-state index is -0.589. The summed E-state index contributed by atoms with van der Waals surface area (Å²) in [6, 6.07) is 0. The van der Waals surface area contributed by atoms with E-state index in [0.29, 0.717) is 12.5 Å². The van der Waals surface area contributed by atoms with Gasteiger partial charge in [-0.3, -0.25) is 0 Å². The van der Waals surface area contributed by atoms with Gasteiger partial charge in [0, 0.05) is 0 Å². The summed E-state index contributed by atoms with van der Waals surface area (Å²) in [4.78, 5) is 0. The van der Waals surface area contributed by atoms with Crippen LogP contribution < -0.4 is 5.73 Å². The van der Waals surface area contributed by atoms with E-state index in [9.17, 15) is 0 Å². The van der Waals surface area contributed by atoms with Crippen molar-refractivity contribution in [3.63, 3.8) is 0 Å². The first-order chi connectivity index (χ1) is 10.8. The molecule has 3 heteroatoms. The summed E-state index contributed by atoms with van der Waals surface area (Å²) in [7, 11) is 0. The lowest BCUT2D eigenvalue weighted by Crippen LogP contribution is -2.47. The van der Waals surface area contributed by atoms with Crippen LogP contribution in [0.1, 0.15) is 95.9 Å². The second-order valence-corrected chi connectivity index (χ2v) is 11.7. The Morgan fingerprint density at radius 2 is 1.16 bits per heavy atom. The van der Waals surface area contributed by atoms with Gasteiger partial charge in [-0.05, 0) is 62.7 Å². The van der Waals surface area contributed by atoms with Crippen LogP contribution in [0.3, 0.4) is 0 Å². The topological polar surface area (TPSA) is 44.5 Å². The molecule has 0 atom stereocenters. The third-order valence-electron chi connectivity index (χ3n) is 5.17. The van der Waals surface area contributed by atoms with E-state index in [4.69, 9.17) is 15.2 Å². The Balaban J connectivity index is 4.91. The average Bonchev–Trinajstić information content (AvgIpc) is 2.31. The van der Waals surface area contributed by atoms with Gasteiger partial charge in [0.2, 0.25) is 0 Å². The molecule has 0 spiro atoms. The molecule has 0 unspecified atom stereocenters. The Morgan fingerprint density at radius 3 is 1.56 bits per heavy atom. The predicted octanol–water partition coefficient (Wildman–Crippen LogP) is 6.01. The molecule has 0 bridgehead atoms. The van der Waals surface area contributed by atoms with Crippen molar-refractivity contribution in [3.8, 4) is 0 Å². The van der Waals surface area contributed by atoms with E-state index in [1.54, 1.807) is 0 Å². The fourth-order valence-electron chi connectivity index (χ4n) is 3.58. The number of hydrogen-bond donors (Lipinski definition) is 1. The molecule has 3 nitrogen and oxygen atoms in total. The highest BCUT2D eigenvalue weighted by Gasteiger charge is 2.43. The third-order valence-corrected chi connectivity index (χ3v) is 5.17. The van der Waals surface area contributed by atoms with Crippen LogP contribution in [0, 0.1) is 22.2 Å². The van der Waals surface area contributed by atoms with Crippen molar-refractivity contribution >= 4 is 0 Å². The van der Waals surface area contributed by atoms with Gasteiger partial charge in [-0.25, -0.2) is 0 Å². The SMILES string of the molecule is CC(C)CC(C)(C)COC(C)(C)C(C)(C)CC(C)(C)COC(C)(C)N. The van der Waals surface area contributed by atoms with Crippen LogP contribution in [0.15, 0.2) is 0 Å². The summed E-state index contributed by atoms with van der Waals surface area (Å²) < 4.78 is 12.3. The molecule has 0 radical (unpaired) electrons. The molecular formula is C22H47NO2. The molecule has 0 aromatic heterocycles. The van der Waals surface area contributed by atoms with Crippen molar-refractivity contribution in [2.24, 2.45) is 27.9 Å². The van der Waals surface area contributed by atoms with E-state index in [2.05, 4.69) is 69.2 Å². The maximum absolute atomic E-state index is 6.49. The van der Waals surface area contributed by atoms with Crippen molar-refractivity contribution in [1.82, 2.24) is 0 Å². The van der Waals surface area contributed by atoms with Crippen LogP contribution in [0.4, 0.5) is 0 Å². The third kappa shape index (κ3) is 9.96. The lowest BCUT2D eigenvalue weighted by atomic mass is 9.67. The Bertz CT molecular complexity index is 401. The van der Waals surface area contributed by atoms with E-state index in [-0.39, 0.29) is 21.8 Å². The van der Waals surface area contributed by atoms with E-state index >= 15 is 0 Å². The molecule has 2 N–H and O–H groups in total. The minimum Gasteiger partial charge on any atom is -0.374 e. The van der Waals surface area contributed by atoms with Gasteiger partial charge in [0.05, 0.1) is 18.8 Å². The molecule has 25 heavy (non-hydrogen) atoms. The van der Waals surface area contributed by atoms with Gasteiger partial charge in [-0.2, -0.15) is 0 Å². The maximum atomic E-state index is 6.49. The van der Waals surface area contributed by atoms with Crippen molar-refractivity contribution < 1.29 is 9.47 Å². The number of hydrogen-bond acceptors (Lipinski definition) is 3. The van der Waals surface area contributed by atoms with Crippen LogP contribution in [0.5, 0.6) is 0 Å². The number of rotatable bonds is 11. The lowest BCUT2D eigenvalue weighted by Gasteiger charge is -2.47. The summed E-state index contributed by atoms with van der Waals surface area (Å²) in [6.07, 6.45) is 2.18. The van der Waals surface area contributed by atoms with E-state index in [1.807, 2.05) is 13.8 Å². The van der Waals surface area contributed by atoms with E-state index < -0.39 is 5.72 Å². The highest BCUT2D eigenvalue weighted by molar-refractivity contribution is 4.92. The van der Waals surface area contributed by atoms with Gasteiger partial charge in [-0.1, -0.05) is 55.4 Å². The van der Waals surface area contributed by atoms with Gasteiger partial charge in [0.25, 0.3) is 0 Å². The first-order valence-corrected chi connectivity index (χ1v) is 9.85. The first kappa shape index (κ1) is 24.9. The second kappa shape index (κ2) is 8.27. The number of nitrogens with two attached hydrogens (primary N) is 1. The van der Waals surface area contributed by atoms with Crippen molar-refractivity contribution in [1.29, 1.82) is 0 Å². The van der Waals surface area contributed by atoms with Crippen molar-refractivity contribution in [2.75, 3.05) is 13.2 Å². The van der Waals surface area contributed by atoms with Gasteiger partial charge >= 0.3 is 0 Å². The fourth-order valence-corrected chi connectivity index (χ4v) is 3.58. The molecule has 0 aliphatic rings. The summed E-state index contributed by atoms with van der Waals surface area (Å²) >= 11 is 0. The molecule has 0 heterocycles. The first-order valence-electron chi connectivity index (χ1n) is 9.85. The number of ether oxygens (including phenoxy) is 2. The summed E-state index contributed by atoms with van der Waals surface area (Å²) in [5.74, 6) is 0.686. The Kier molecular flexibility index (Phi) is 8.23. The minimum absolute atomic E-state index is 0.0203. The molecule has 0 aromatic carbocycles. The molecule has 0 aliphatic carbocycles. The highest BCUT2D eigenvalue weighted by atomic mass is 16.5. The van der Waals surface area contributed by atoms with Crippen molar-refractivity contribution in [2.45, 2.75) is 107 Å². The van der Waals surface area contributed by atoms with Crippen LogP contribution in [0.2, 0.25) is 0 Å². The predicted molar refractivity (Wildman–Crippen MR) is 110 cm³/mol. The molecule has 0 saturated heterocycles. The van der Waals surface area contributed by atoms with Crippen LogP contribution in [0.25, 0.3) is 0 Å². The molecule has 0 aromatic rings. The molecule has 0 rings (SSSR count). The molecular weight excluding hydrogens is 310 g/mol. The lowest BCUT2D eigenvalue weighted by molar-refractivity contribution is -0.142. The Labute approximate surface area is 158 Å². The normalized spacial score (nSPS) is 15.1. The summed E-state index contributed by atoms with van der Waals surface area (Å²) in [6.45, 7) is 27.9. The van der Waals surface area contributed by atoms with Crippen molar-refractivity contribution in [3.05, 3.63) is 0 Å². The van der Waals surface area contributed by atoms with Crippen LogP contribution >= 0.6 is 0 Å². The van der Waals surface area contributed by atoms with E-state index in [0.717, 1.165) is 13.0 Å². The summed E-state index contributed by atoms with van der Waals surface area (Å²) in [5.41, 5.74) is 5.43. The van der Waals surface area contributed by atoms with Gasteiger partial charge in [0.15, 0.2) is 0 Å². The maximum Gasteiger partial charge on any atom is 0.111 e. The zero-order chi connectivity index (χ0) is 20.3. The largest absolute Gasteiger partial charge is 0.374 e. The molecule has 0 fully saturated rings. The van der Waals surface area contributed by atoms with Crippen LogP contribution in [-0.2, 0) is 9.47 Å². The molecule has 0 saturated carbocycles. The standard InChI is InChI=1S/C22H47NO2/c1-17(2)13-18(3,4)15-24-21(9,10)20(7,8)14-19(5,6)16-25-22(11,12)23/h17H,13-16,23H2,1-12H3. The Hall–Kier alpha value is -0.120.